The van der Waals surface area contributed by atoms with Gasteiger partial charge in [-0.05, 0) is 12.8 Å². The van der Waals surface area contributed by atoms with Gasteiger partial charge in [0.15, 0.2) is 0 Å². The van der Waals surface area contributed by atoms with E-state index in [1.807, 2.05) is 43.6 Å². The van der Waals surface area contributed by atoms with Crippen molar-refractivity contribution in [3.63, 3.8) is 0 Å². The van der Waals surface area contributed by atoms with Gasteiger partial charge in [0.2, 0.25) is 0 Å². The highest BCUT2D eigenvalue weighted by Crippen LogP contribution is 2.27. The molecule has 3 rings (SSSR count). The molecule has 25 heavy (non-hydrogen) atoms. The molecule has 2 amide bonds. The molecule has 6 heteroatoms. The summed E-state index contributed by atoms with van der Waals surface area (Å²) in [5, 5.41) is 17.5. The van der Waals surface area contributed by atoms with Crippen LogP contribution >= 0.6 is 0 Å². The van der Waals surface area contributed by atoms with Crippen molar-refractivity contribution >= 4 is 11.7 Å². The largest absolute Gasteiger partial charge is 0.393 e. The zero-order chi connectivity index (χ0) is 17.8. The number of hydrogen-bond donors (Lipinski definition) is 2. The molecule has 0 saturated heterocycles. The number of amides is 2. The number of rotatable bonds is 4. The van der Waals surface area contributed by atoms with Gasteiger partial charge in [-0.3, -0.25) is 4.68 Å². The minimum Gasteiger partial charge on any atom is -0.393 e. The van der Waals surface area contributed by atoms with E-state index in [0.717, 1.165) is 36.9 Å². The molecule has 1 saturated carbocycles. The molecule has 0 aliphatic heterocycles. The average Bonchev–Trinajstić information content (AvgIpc) is 2.98. The van der Waals surface area contributed by atoms with Crippen LogP contribution in [0.3, 0.4) is 0 Å². The Morgan fingerprint density at radius 1 is 1.32 bits per heavy atom. The second kappa shape index (κ2) is 7.70. The highest BCUT2D eigenvalue weighted by atomic mass is 16.3. The van der Waals surface area contributed by atoms with Crippen LogP contribution in [-0.2, 0) is 7.05 Å². The van der Waals surface area contributed by atoms with E-state index in [0.29, 0.717) is 12.2 Å². The van der Waals surface area contributed by atoms with Gasteiger partial charge in [-0.15, -0.1) is 0 Å². The van der Waals surface area contributed by atoms with Crippen molar-refractivity contribution in [1.29, 1.82) is 0 Å². The van der Waals surface area contributed by atoms with Gasteiger partial charge in [0.25, 0.3) is 0 Å². The first-order valence-electron chi connectivity index (χ1n) is 8.84. The fraction of sp³-hybridized carbons (Fsp3) is 0.474. The maximum atomic E-state index is 12.6. The fourth-order valence-corrected chi connectivity index (χ4v) is 3.44. The lowest BCUT2D eigenvalue weighted by atomic mass is 9.86. The summed E-state index contributed by atoms with van der Waals surface area (Å²) < 4.78 is 1.70. The molecule has 2 atom stereocenters. The number of aromatic nitrogens is 2. The SMILES string of the molecule is CN(CC1CCCCC1O)C(=O)Nc1cn(C)nc1-c1ccccc1. The summed E-state index contributed by atoms with van der Waals surface area (Å²) in [5.74, 6) is 0.159. The van der Waals surface area contributed by atoms with Crippen molar-refractivity contribution in [2.45, 2.75) is 31.8 Å². The minimum atomic E-state index is -0.303. The molecule has 1 heterocycles. The molecule has 6 nitrogen and oxygen atoms in total. The Hall–Kier alpha value is -2.34. The van der Waals surface area contributed by atoms with Crippen LogP contribution in [0.4, 0.5) is 10.5 Å². The Labute approximate surface area is 148 Å². The lowest BCUT2D eigenvalue weighted by Gasteiger charge is -2.31. The highest BCUT2D eigenvalue weighted by Gasteiger charge is 2.26. The van der Waals surface area contributed by atoms with Crippen LogP contribution in [0.1, 0.15) is 25.7 Å². The summed E-state index contributed by atoms with van der Waals surface area (Å²) in [5.41, 5.74) is 2.40. The van der Waals surface area contributed by atoms with Gasteiger partial charge in [0.05, 0.1) is 11.8 Å². The summed E-state index contributed by atoms with van der Waals surface area (Å²) in [6.07, 6.45) is 5.51. The van der Waals surface area contributed by atoms with Crippen LogP contribution in [0.2, 0.25) is 0 Å². The van der Waals surface area contributed by atoms with E-state index in [2.05, 4.69) is 10.4 Å². The highest BCUT2D eigenvalue weighted by molar-refractivity contribution is 5.93. The monoisotopic (exact) mass is 342 g/mol. The zero-order valence-electron chi connectivity index (χ0n) is 14.9. The predicted octanol–water partition coefficient (Wildman–Crippen LogP) is 3.10. The molecule has 1 fully saturated rings. The van der Waals surface area contributed by atoms with Crippen molar-refractivity contribution in [2.75, 3.05) is 18.9 Å². The van der Waals surface area contributed by atoms with Gasteiger partial charge in [0.1, 0.15) is 5.69 Å². The lowest BCUT2D eigenvalue weighted by Crippen LogP contribution is -2.40. The van der Waals surface area contributed by atoms with Crippen LogP contribution in [0.5, 0.6) is 0 Å². The van der Waals surface area contributed by atoms with E-state index in [9.17, 15) is 9.90 Å². The summed E-state index contributed by atoms with van der Waals surface area (Å²) in [6, 6.07) is 9.62. The van der Waals surface area contributed by atoms with E-state index in [-0.39, 0.29) is 18.1 Å². The minimum absolute atomic E-state index is 0.159. The molecule has 1 aromatic heterocycles. The third-order valence-electron chi connectivity index (χ3n) is 4.84. The topological polar surface area (TPSA) is 70.4 Å². The molecule has 1 aliphatic rings. The summed E-state index contributed by atoms with van der Waals surface area (Å²) >= 11 is 0. The molecule has 2 aromatic rings. The molecule has 0 radical (unpaired) electrons. The van der Waals surface area contributed by atoms with Gasteiger partial charge in [-0.25, -0.2) is 4.79 Å². The Bertz CT molecular complexity index is 713. The van der Waals surface area contributed by atoms with E-state index in [1.165, 1.54) is 0 Å². The number of benzene rings is 1. The number of aliphatic hydroxyl groups excluding tert-OH is 1. The van der Waals surface area contributed by atoms with Crippen LogP contribution in [-0.4, -0.2) is 45.5 Å². The van der Waals surface area contributed by atoms with E-state index in [1.54, 1.807) is 16.6 Å². The second-order valence-electron chi connectivity index (χ2n) is 6.85. The van der Waals surface area contributed by atoms with E-state index < -0.39 is 0 Å². The molecule has 2 unspecified atom stereocenters. The standard InChI is InChI=1S/C19H26N4O2/c1-22(12-15-10-6-7-11-17(15)24)19(25)20-16-13-23(2)21-18(16)14-8-4-3-5-9-14/h3-5,8-9,13,15,17,24H,6-7,10-12H2,1-2H3,(H,20,25). The summed E-state index contributed by atoms with van der Waals surface area (Å²) in [7, 11) is 3.61. The lowest BCUT2D eigenvalue weighted by molar-refractivity contribution is 0.0575. The first kappa shape index (κ1) is 17.5. The van der Waals surface area contributed by atoms with Crippen molar-refractivity contribution in [1.82, 2.24) is 14.7 Å². The summed E-state index contributed by atoms with van der Waals surface area (Å²) in [6.45, 7) is 0.563. The third-order valence-corrected chi connectivity index (χ3v) is 4.84. The van der Waals surface area contributed by atoms with Gasteiger partial charge in [0, 0.05) is 38.3 Å². The fourth-order valence-electron chi connectivity index (χ4n) is 3.44. The quantitative estimate of drug-likeness (QED) is 0.897. The smallest absolute Gasteiger partial charge is 0.321 e. The third kappa shape index (κ3) is 4.20. The molecule has 1 aliphatic carbocycles. The van der Waals surface area contributed by atoms with E-state index >= 15 is 0 Å². The van der Waals surface area contributed by atoms with Gasteiger partial charge < -0.3 is 15.3 Å². The number of carbonyl (C=O) groups excluding carboxylic acids is 1. The first-order chi connectivity index (χ1) is 12.0. The molecule has 0 bridgehead atoms. The van der Waals surface area contributed by atoms with Crippen LogP contribution < -0.4 is 5.32 Å². The molecule has 2 N–H and O–H groups in total. The predicted molar refractivity (Wildman–Crippen MR) is 98.3 cm³/mol. The normalized spacial score (nSPS) is 20.3. The van der Waals surface area contributed by atoms with Crippen LogP contribution in [0, 0.1) is 5.92 Å². The number of hydrogen-bond acceptors (Lipinski definition) is 3. The number of nitrogens with one attached hydrogen (secondary N) is 1. The first-order valence-corrected chi connectivity index (χ1v) is 8.84. The number of aliphatic hydroxyl groups is 1. The van der Waals surface area contributed by atoms with Crippen molar-refractivity contribution in [3.05, 3.63) is 36.5 Å². The molecular weight excluding hydrogens is 316 g/mol. The Morgan fingerprint density at radius 2 is 2.04 bits per heavy atom. The van der Waals surface area contributed by atoms with Gasteiger partial charge in [-0.1, -0.05) is 43.2 Å². The Kier molecular flexibility index (Phi) is 5.38. The summed E-state index contributed by atoms with van der Waals surface area (Å²) in [4.78, 5) is 14.2. The number of nitrogens with zero attached hydrogens (tertiary/aromatic N) is 3. The van der Waals surface area contributed by atoms with Crippen molar-refractivity contribution < 1.29 is 9.90 Å². The van der Waals surface area contributed by atoms with Gasteiger partial charge in [-0.2, -0.15) is 5.10 Å². The van der Waals surface area contributed by atoms with Gasteiger partial charge >= 0.3 is 6.03 Å². The second-order valence-corrected chi connectivity index (χ2v) is 6.85. The Morgan fingerprint density at radius 3 is 2.76 bits per heavy atom. The van der Waals surface area contributed by atoms with E-state index in [4.69, 9.17) is 0 Å². The number of carbonyl (C=O) groups is 1. The molecule has 134 valence electrons. The zero-order valence-corrected chi connectivity index (χ0v) is 14.9. The van der Waals surface area contributed by atoms with Crippen LogP contribution in [0.25, 0.3) is 11.3 Å². The number of anilines is 1. The number of aryl methyl sites for hydroxylation is 1. The van der Waals surface area contributed by atoms with Crippen molar-refractivity contribution in [2.24, 2.45) is 13.0 Å². The Balaban J connectivity index is 1.68. The maximum absolute atomic E-state index is 12.6. The molecule has 1 aromatic carbocycles. The van der Waals surface area contributed by atoms with Crippen LogP contribution in [0.15, 0.2) is 36.5 Å². The average molecular weight is 342 g/mol. The number of urea groups is 1. The maximum Gasteiger partial charge on any atom is 0.321 e. The van der Waals surface area contributed by atoms with Crippen molar-refractivity contribution in [3.8, 4) is 11.3 Å². The molecule has 0 spiro atoms. The molecular formula is C19H26N4O2.